The summed E-state index contributed by atoms with van der Waals surface area (Å²) >= 11 is 6.11. The van der Waals surface area contributed by atoms with Crippen LogP contribution in [0.25, 0.3) is 0 Å². The molecule has 38 heavy (non-hydrogen) atoms. The van der Waals surface area contributed by atoms with Crippen molar-refractivity contribution in [2.75, 3.05) is 59.2 Å². The van der Waals surface area contributed by atoms with Crippen LogP contribution in [-0.2, 0) is 6.54 Å². The van der Waals surface area contributed by atoms with Crippen LogP contribution < -0.4 is 20.5 Å². The second-order valence-electron chi connectivity index (χ2n) is 10.2. The molecular formula is C30H45ClN4O3. The van der Waals surface area contributed by atoms with Gasteiger partial charge in [0.15, 0.2) is 0 Å². The van der Waals surface area contributed by atoms with Gasteiger partial charge >= 0.3 is 0 Å². The number of nitrogens with one attached hydrogen (secondary N) is 1. The van der Waals surface area contributed by atoms with Crippen LogP contribution in [0.3, 0.4) is 0 Å². The van der Waals surface area contributed by atoms with Crippen molar-refractivity contribution in [1.29, 1.82) is 0 Å². The molecule has 1 heterocycles. The number of ether oxygens (including phenoxy) is 2. The molecule has 1 amide bonds. The lowest BCUT2D eigenvalue weighted by Gasteiger charge is -2.32. The molecule has 0 bridgehead atoms. The molecule has 1 aliphatic rings. The molecule has 210 valence electrons. The van der Waals surface area contributed by atoms with Gasteiger partial charge in [0.25, 0.3) is 5.91 Å². The van der Waals surface area contributed by atoms with Crippen molar-refractivity contribution in [3.63, 3.8) is 0 Å². The Balaban J connectivity index is 1.26. The van der Waals surface area contributed by atoms with Gasteiger partial charge in [-0.05, 0) is 88.1 Å². The number of carbonyl (C=O) groups excluding carboxylic acids is 1. The van der Waals surface area contributed by atoms with Crippen LogP contribution in [0.1, 0.15) is 61.4 Å². The predicted molar refractivity (Wildman–Crippen MR) is 156 cm³/mol. The zero-order valence-corrected chi connectivity index (χ0v) is 24.1. The van der Waals surface area contributed by atoms with Crippen molar-refractivity contribution in [3.05, 3.63) is 52.5 Å². The summed E-state index contributed by atoms with van der Waals surface area (Å²) in [6.07, 6.45) is 7.27. The summed E-state index contributed by atoms with van der Waals surface area (Å²) in [4.78, 5) is 17.8. The van der Waals surface area contributed by atoms with Gasteiger partial charge in [-0.1, -0.05) is 43.5 Å². The Morgan fingerprint density at radius 1 is 1.08 bits per heavy atom. The number of rotatable bonds is 15. The maximum atomic E-state index is 12.7. The summed E-state index contributed by atoms with van der Waals surface area (Å²) in [5, 5.41) is 3.42. The van der Waals surface area contributed by atoms with E-state index in [1.54, 1.807) is 19.2 Å². The molecule has 0 radical (unpaired) electrons. The summed E-state index contributed by atoms with van der Waals surface area (Å²) in [7, 11) is 3.23. The number of hydrogen-bond acceptors (Lipinski definition) is 6. The number of methoxy groups -OCH3 is 2. The van der Waals surface area contributed by atoms with Crippen molar-refractivity contribution < 1.29 is 14.3 Å². The van der Waals surface area contributed by atoms with E-state index < -0.39 is 0 Å². The number of nitrogens with zero attached hydrogens (tertiary/aromatic N) is 2. The van der Waals surface area contributed by atoms with Gasteiger partial charge in [-0.3, -0.25) is 9.69 Å². The van der Waals surface area contributed by atoms with Crippen molar-refractivity contribution in [2.24, 2.45) is 5.92 Å². The number of unbranched alkanes of at least 4 members (excludes halogenated alkanes) is 3. The van der Waals surface area contributed by atoms with Gasteiger partial charge in [-0.2, -0.15) is 0 Å². The standard InChI is InChI=1S/C30H45ClN4O3/c1-4-34(22-24-9-11-25(37-2)12-10-24)15-7-5-6-8-16-35-17-13-23(14-18-35)21-33-30(36)26-19-27(31)28(32)20-29(26)38-3/h9-12,19-20,23H,4-8,13-18,21-22,32H2,1-3H3,(H,33,36). The Morgan fingerprint density at radius 3 is 2.45 bits per heavy atom. The number of piperidine rings is 1. The molecule has 7 nitrogen and oxygen atoms in total. The van der Waals surface area contributed by atoms with Gasteiger partial charge in [-0.15, -0.1) is 0 Å². The number of halogens is 1. The first-order valence-corrected chi connectivity index (χ1v) is 14.3. The monoisotopic (exact) mass is 544 g/mol. The third-order valence-corrected chi connectivity index (χ3v) is 7.86. The molecule has 1 aliphatic heterocycles. The lowest BCUT2D eigenvalue weighted by molar-refractivity contribution is 0.0933. The topological polar surface area (TPSA) is 80.1 Å². The fourth-order valence-electron chi connectivity index (χ4n) is 5.02. The van der Waals surface area contributed by atoms with Crippen LogP contribution in [0, 0.1) is 5.92 Å². The van der Waals surface area contributed by atoms with E-state index in [-0.39, 0.29) is 5.91 Å². The van der Waals surface area contributed by atoms with Crippen molar-refractivity contribution in [3.8, 4) is 11.5 Å². The Hall–Kier alpha value is -2.48. The van der Waals surface area contributed by atoms with E-state index in [2.05, 4.69) is 34.2 Å². The first-order valence-electron chi connectivity index (χ1n) is 13.9. The molecule has 1 fully saturated rings. The van der Waals surface area contributed by atoms with Gasteiger partial charge in [0.2, 0.25) is 0 Å². The van der Waals surface area contributed by atoms with Crippen molar-refractivity contribution in [1.82, 2.24) is 15.1 Å². The summed E-state index contributed by atoms with van der Waals surface area (Å²) < 4.78 is 10.6. The number of hydrogen-bond donors (Lipinski definition) is 2. The number of carbonyl (C=O) groups is 1. The van der Waals surface area contributed by atoms with Crippen LogP contribution in [0.15, 0.2) is 36.4 Å². The van der Waals surface area contributed by atoms with Gasteiger partial charge in [0.05, 0.1) is 30.5 Å². The lowest BCUT2D eigenvalue weighted by Crippen LogP contribution is -2.39. The Bertz CT molecular complexity index is 994. The minimum absolute atomic E-state index is 0.170. The van der Waals surface area contributed by atoms with E-state index in [1.807, 2.05) is 12.1 Å². The van der Waals surface area contributed by atoms with E-state index in [4.69, 9.17) is 26.8 Å². The first-order chi connectivity index (χ1) is 18.4. The second-order valence-corrected chi connectivity index (χ2v) is 10.6. The molecule has 0 saturated carbocycles. The molecule has 8 heteroatoms. The van der Waals surface area contributed by atoms with Gasteiger partial charge in [0.1, 0.15) is 11.5 Å². The molecule has 0 aromatic heterocycles. The number of benzene rings is 2. The van der Waals surface area contributed by atoms with E-state index >= 15 is 0 Å². The SMILES string of the molecule is CCN(CCCCCCN1CCC(CNC(=O)c2cc(Cl)c(N)cc2OC)CC1)Cc1ccc(OC)cc1. The van der Waals surface area contributed by atoms with Gasteiger partial charge in [-0.25, -0.2) is 0 Å². The van der Waals surface area contributed by atoms with Gasteiger partial charge < -0.3 is 25.4 Å². The zero-order chi connectivity index (χ0) is 27.3. The van der Waals surface area contributed by atoms with Gasteiger partial charge in [0, 0.05) is 19.2 Å². The molecule has 3 rings (SSSR count). The van der Waals surface area contributed by atoms with Crippen molar-refractivity contribution in [2.45, 2.75) is 52.0 Å². The third kappa shape index (κ3) is 9.37. The quantitative estimate of drug-likeness (QED) is 0.229. The second kappa shape index (κ2) is 15.8. The molecule has 0 unspecified atom stereocenters. The fraction of sp³-hybridized carbons (Fsp3) is 0.567. The first kappa shape index (κ1) is 30.1. The molecule has 2 aromatic rings. The number of nitrogens with two attached hydrogens (primary N) is 1. The molecular weight excluding hydrogens is 500 g/mol. The summed E-state index contributed by atoms with van der Waals surface area (Å²) in [6, 6.07) is 11.6. The number of likely N-dealkylation sites (tertiary alicyclic amines) is 1. The van der Waals surface area contributed by atoms with Crippen LogP contribution in [0.2, 0.25) is 5.02 Å². The van der Waals surface area contributed by atoms with Crippen LogP contribution in [-0.4, -0.2) is 69.2 Å². The van der Waals surface area contributed by atoms with E-state index in [0.29, 0.717) is 34.5 Å². The molecule has 2 aromatic carbocycles. The van der Waals surface area contributed by atoms with Crippen LogP contribution in [0.4, 0.5) is 5.69 Å². The number of amides is 1. The minimum atomic E-state index is -0.170. The Morgan fingerprint density at radius 2 is 1.79 bits per heavy atom. The number of nitrogen functional groups attached to an aromatic ring is 1. The summed E-state index contributed by atoms with van der Waals surface area (Å²) in [6.45, 7) is 9.49. The average Bonchev–Trinajstić information content (AvgIpc) is 2.95. The third-order valence-electron chi connectivity index (χ3n) is 7.53. The van der Waals surface area contributed by atoms with E-state index in [9.17, 15) is 4.79 Å². The summed E-state index contributed by atoms with van der Waals surface area (Å²) in [5.41, 5.74) is 7.99. The fourth-order valence-corrected chi connectivity index (χ4v) is 5.19. The molecule has 3 N–H and O–H groups in total. The van der Waals surface area contributed by atoms with Crippen LogP contribution in [0.5, 0.6) is 11.5 Å². The maximum absolute atomic E-state index is 12.7. The normalized spacial score (nSPS) is 14.6. The van der Waals surface area contributed by atoms with Crippen LogP contribution >= 0.6 is 11.6 Å². The molecule has 0 spiro atoms. The molecule has 0 atom stereocenters. The number of anilines is 1. The highest BCUT2D eigenvalue weighted by Crippen LogP contribution is 2.29. The highest BCUT2D eigenvalue weighted by molar-refractivity contribution is 6.33. The predicted octanol–water partition coefficient (Wildman–Crippen LogP) is 5.46. The van der Waals surface area contributed by atoms with Crippen molar-refractivity contribution >= 4 is 23.2 Å². The Labute approximate surface area is 233 Å². The highest BCUT2D eigenvalue weighted by Gasteiger charge is 2.21. The smallest absolute Gasteiger partial charge is 0.255 e. The minimum Gasteiger partial charge on any atom is -0.497 e. The summed E-state index contributed by atoms with van der Waals surface area (Å²) in [5.74, 6) is 1.68. The van der Waals surface area contributed by atoms with E-state index in [0.717, 1.165) is 51.3 Å². The largest absolute Gasteiger partial charge is 0.497 e. The maximum Gasteiger partial charge on any atom is 0.255 e. The zero-order valence-electron chi connectivity index (χ0n) is 23.3. The van der Waals surface area contributed by atoms with E-state index in [1.165, 1.54) is 44.9 Å². The molecule has 0 aliphatic carbocycles. The highest BCUT2D eigenvalue weighted by atomic mass is 35.5. The Kier molecular flexibility index (Phi) is 12.5. The average molecular weight is 545 g/mol. The molecule has 1 saturated heterocycles. The lowest BCUT2D eigenvalue weighted by atomic mass is 9.96.